The molecule has 0 aliphatic rings. The second-order valence-electron chi connectivity index (χ2n) is 5.09. The Morgan fingerprint density at radius 2 is 1.71 bits per heavy atom. The average Bonchev–Trinajstić information content (AvgIpc) is 2.47. The minimum atomic E-state index is -0.290. The van der Waals surface area contributed by atoms with Crippen LogP contribution < -0.4 is 4.74 Å². The van der Waals surface area contributed by atoms with Crippen molar-refractivity contribution in [1.29, 1.82) is 5.26 Å². The summed E-state index contributed by atoms with van der Waals surface area (Å²) >= 11 is 0. The molecule has 0 saturated carbocycles. The van der Waals surface area contributed by atoms with Gasteiger partial charge in [-0.3, -0.25) is 0 Å². The van der Waals surface area contributed by atoms with Crippen molar-refractivity contribution < 1.29 is 9.13 Å². The molecule has 0 amide bonds. The Bertz CT molecular complexity index is 623. The first kappa shape index (κ1) is 15.1. The van der Waals surface area contributed by atoms with Crippen LogP contribution in [0, 0.1) is 31.0 Å². The summed E-state index contributed by atoms with van der Waals surface area (Å²) in [5, 5.41) is 9.26. The van der Waals surface area contributed by atoms with Crippen LogP contribution in [0.4, 0.5) is 4.39 Å². The fourth-order valence-electron chi connectivity index (χ4n) is 2.31. The van der Waals surface area contributed by atoms with E-state index in [-0.39, 0.29) is 11.7 Å². The number of rotatable bonds is 5. The summed E-state index contributed by atoms with van der Waals surface area (Å²) in [6.45, 7) is 4.47. The second kappa shape index (κ2) is 6.90. The van der Waals surface area contributed by atoms with E-state index in [0.717, 1.165) is 22.4 Å². The molecule has 0 bridgehead atoms. The first-order valence-corrected chi connectivity index (χ1v) is 6.96. The number of para-hydroxylation sites is 1. The Morgan fingerprint density at radius 1 is 1.10 bits per heavy atom. The second-order valence-corrected chi connectivity index (χ2v) is 5.09. The van der Waals surface area contributed by atoms with Gasteiger partial charge in [0.25, 0.3) is 0 Å². The van der Waals surface area contributed by atoms with Crippen LogP contribution in [0.15, 0.2) is 42.5 Å². The third-order valence-electron chi connectivity index (χ3n) is 3.49. The lowest BCUT2D eigenvalue weighted by atomic mass is 9.98. The summed E-state index contributed by atoms with van der Waals surface area (Å²) < 4.78 is 18.7. The van der Waals surface area contributed by atoms with Crippen molar-refractivity contribution in [2.24, 2.45) is 0 Å². The maximum absolute atomic E-state index is 12.9. The number of nitrogens with zero attached hydrogens (tertiary/aromatic N) is 1. The predicted octanol–water partition coefficient (Wildman–Crippen LogP) is 4.52. The Morgan fingerprint density at radius 3 is 2.29 bits per heavy atom. The number of benzene rings is 2. The van der Waals surface area contributed by atoms with E-state index in [1.807, 2.05) is 32.0 Å². The molecular weight excluding hydrogens is 265 g/mol. The number of halogens is 1. The minimum Gasteiger partial charge on any atom is -0.493 e. The molecule has 1 atom stereocenters. The van der Waals surface area contributed by atoms with Crippen LogP contribution in [0.5, 0.6) is 5.75 Å². The summed E-state index contributed by atoms with van der Waals surface area (Å²) in [5.74, 6) is 0.311. The molecular formula is C18H18FNO. The quantitative estimate of drug-likeness (QED) is 0.808. The third-order valence-corrected chi connectivity index (χ3v) is 3.49. The van der Waals surface area contributed by atoms with Gasteiger partial charge in [0.15, 0.2) is 0 Å². The van der Waals surface area contributed by atoms with E-state index in [1.54, 1.807) is 12.1 Å². The molecule has 0 spiro atoms. The molecule has 2 aromatic carbocycles. The Balaban J connectivity index is 1.98. The maximum atomic E-state index is 12.9. The van der Waals surface area contributed by atoms with E-state index in [2.05, 4.69) is 6.07 Å². The van der Waals surface area contributed by atoms with Gasteiger partial charge >= 0.3 is 0 Å². The zero-order chi connectivity index (χ0) is 15.2. The molecule has 0 aliphatic heterocycles. The van der Waals surface area contributed by atoms with Crippen LogP contribution in [0.25, 0.3) is 0 Å². The first-order valence-electron chi connectivity index (χ1n) is 6.96. The lowest BCUT2D eigenvalue weighted by Gasteiger charge is -2.14. The van der Waals surface area contributed by atoms with Gasteiger partial charge in [0.2, 0.25) is 0 Å². The van der Waals surface area contributed by atoms with Gasteiger partial charge in [-0.1, -0.05) is 30.3 Å². The SMILES string of the molecule is Cc1cccc(C)c1OCCC(C#N)c1ccc(F)cc1. The summed E-state index contributed by atoms with van der Waals surface area (Å²) in [4.78, 5) is 0. The molecule has 108 valence electrons. The van der Waals surface area contributed by atoms with Crippen molar-refractivity contribution in [3.05, 3.63) is 65.0 Å². The molecule has 0 aliphatic carbocycles. The van der Waals surface area contributed by atoms with E-state index in [4.69, 9.17) is 4.74 Å². The van der Waals surface area contributed by atoms with Crippen LogP contribution in [-0.2, 0) is 0 Å². The van der Waals surface area contributed by atoms with Crippen molar-refractivity contribution in [1.82, 2.24) is 0 Å². The molecule has 0 N–H and O–H groups in total. The van der Waals surface area contributed by atoms with Gasteiger partial charge in [-0.25, -0.2) is 4.39 Å². The largest absolute Gasteiger partial charge is 0.493 e. The van der Waals surface area contributed by atoms with Gasteiger partial charge in [0, 0.05) is 6.42 Å². The molecule has 21 heavy (non-hydrogen) atoms. The highest BCUT2D eigenvalue weighted by atomic mass is 19.1. The predicted molar refractivity (Wildman–Crippen MR) is 80.8 cm³/mol. The Hall–Kier alpha value is -2.34. The normalized spacial score (nSPS) is 11.7. The van der Waals surface area contributed by atoms with Crippen LogP contribution in [0.1, 0.15) is 29.0 Å². The van der Waals surface area contributed by atoms with Crippen molar-refractivity contribution in [2.45, 2.75) is 26.2 Å². The molecule has 0 saturated heterocycles. The van der Waals surface area contributed by atoms with Crippen molar-refractivity contribution >= 4 is 0 Å². The van der Waals surface area contributed by atoms with E-state index < -0.39 is 0 Å². The topological polar surface area (TPSA) is 33.0 Å². The zero-order valence-electron chi connectivity index (χ0n) is 12.3. The van der Waals surface area contributed by atoms with Gasteiger partial charge < -0.3 is 4.74 Å². The monoisotopic (exact) mass is 283 g/mol. The fraction of sp³-hybridized carbons (Fsp3) is 0.278. The molecule has 0 radical (unpaired) electrons. The first-order chi connectivity index (χ1) is 10.1. The van der Waals surface area contributed by atoms with Gasteiger partial charge in [-0.2, -0.15) is 5.26 Å². The number of hydrogen-bond donors (Lipinski definition) is 0. The van der Waals surface area contributed by atoms with Gasteiger partial charge in [-0.05, 0) is 42.7 Å². The molecule has 0 aromatic heterocycles. The highest BCUT2D eigenvalue weighted by Gasteiger charge is 2.12. The molecule has 2 aromatic rings. The summed E-state index contributed by atoms with van der Waals surface area (Å²) in [6.07, 6.45) is 0.579. The summed E-state index contributed by atoms with van der Waals surface area (Å²) in [7, 11) is 0. The molecule has 1 unspecified atom stereocenters. The van der Waals surface area contributed by atoms with Crippen molar-refractivity contribution in [3.8, 4) is 11.8 Å². The minimum absolute atomic E-state index is 0.282. The van der Waals surface area contributed by atoms with Crippen LogP contribution in [-0.4, -0.2) is 6.61 Å². The highest BCUT2D eigenvalue weighted by molar-refractivity contribution is 5.39. The lowest BCUT2D eigenvalue weighted by molar-refractivity contribution is 0.302. The van der Waals surface area contributed by atoms with Crippen LogP contribution >= 0.6 is 0 Å². The number of aryl methyl sites for hydroxylation is 2. The fourth-order valence-corrected chi connectivity index (χ4v) is 2.31. The number of hydrogen-bond acceptors (Lipinski definition) is 2. The van der Waals surface area contributed by atoms with Gasteiger partial charge in [-0.15, -0.1) is 0 Å². The summed E-state index contributed by atoms with van der Waals surface area (Å²) in [5.41, 5.74) is 3.00. The number of nitriles is 1. The van der Waals surface area contributed by atoms with E-state index >= 15 is 0 Å². The molecule has 2 nitrogen and oxygen atoms in total. The molecule has 3 heteroatoms. The van der Waals surface area contributed by atoms with E-state index in [1.165, 1.54) is 12.1 Å². The standard InChI is InChI=1S/C18H18FNO/c1-13-4-3-5-14(2)18(13)21-11-10-16(12-20)15-6-8-17(19)9-7-15/h3-9,16H,10-11H2,1-2H3. The molecule has 2 rings (SSSR count). The van der Waals surface area contributed by atoms with Crippen LogP contribution in [0.2, 0.25) is 0 Å². The van der Waals surface area contributed by atoms with Crippen LogP contribution in [0.3, 0.4) is 0 Å². The highest BCUT2D eigenvalue weighted by Crippen LogP contribution is 2.24. The maximum Gasteiger partial charge on any atom is 0.125 e. The Kier molecular flexibility index (Phi) is 4.94. The molecule has 0 fully saturated rings. The molecule has 0 heterocycles. The third kappa shape index (κ3) is 3.82. The number of ether oxygens (including phenoxy) is 1. The van der Waals surface area contributed by atoms with Crippen molar-refractivity contribution in [3.63, 3.8) is 0 Å². The van der Waals surface area contributed by atoms with E-state index in [0.29, 0.717) is 13.0 Å². The smallest absolute Gasteiger partial charge is 0.125 e. The van der Waals surface area contributed by atoms with Gasteiger partial charge in [0.05, 0.1) is 18.6 Å². The van der Waals surface area contributed by atoms with Crippen molar-refractivity contribution in [2.75, 3.05) is 6.61 Å². The summed E-state index contributed by atoms with van der Waals surface area (Å²) in [6, 6.07) is 14.3. The van der Waals surface area contributed by atoms with E-state index in [9.17, 15) is 9.65 Å². The zero-order valence-corrected chi connectivity index (χ0v) is 12.3. The average molecular weight is 283 g/mol. The Labute approximate surface area is 124 Å². The van der Waals surface area contributed by atoms with Gasteiger partial charge in [0.1, 0.15) is 11.6 Å². The lowest BCUT2D eigenvalue weighted by Crippen LogP contribution is -2.06.